The lowest BCUT2D eigenvalue weighted by Crippen LogP contribution is -2.05. The van der Waals surface area contributed by atoms with E-state index in [-0.39, 0.29) is 11.8 Å². The highest BCUT2D eigenvalue weighted by Gasteiger charge is 2.09. The van der Waals surface area contributed by atoms with Gasteiger partial charge >= 0.3 is 0 Å². The van der Waals surface area contributed by atoms with Crippen molar-refractivity contribution in [2.24, 2.45) is 5.73 Å². The Balaban J connectivity index is 2.26. The first-order chi connectivity index (χ1) is 9.51. The molecule has 2 nitrogen and oxygen atoms in total. The van der Waals surface area contributed by atoms with Crippen LogP contribution in [-0.4, -0.2) is 0 Å². The molecule has 0 unspecified atom stereocenters. The van der Waals surface area contributed by atoms with Gasteiger partial charge in [0.1, 0.15) is 5.75 Å². The lowest BCUT2D eigenvalue weighted by molar-refractivity contribution is 0.441. The fraction of sp³-hybridized carbons (Fsp3) is 0.250. The molecule has 106 valence electrons. The summed E-state index contributed by atoms with van der Waals surface area (Å²) in [5.74, 6) is 0.324. The lowest BCUT2D eigenvalue weighted by Gasteiger charge is -2.11. The van der Waals surface area contributed by atoms with Gasteiger partial charge < -0.3 is 10.5 Å². The van der Waals surface area contributed by atoms with Crippen LogP contribution in [0.25, 0.3) is 0 Å². The fourth-order valence-electron chi connectivity index (χ4n) is 1.90. The predicted octanol–water partition coefficient (Wildman–Crippen LogP) is 4.85. The molecular formula is C16H17ClFNO. The molecule has 0 aliphatic rings. The van der Waals surface area contributed by atoms with Gasteiger partial charge in [0.05, 0.1) is 0 Å². The molecule has 0 aliphatic heterocycles. The Bertz CT molecular complexity index is 613. The summed E-state index contributed by atoms with van der Waals surface area (Å²) in [5, 5.41) is 0.688. The second-order valence-corrected chi connectivity index (χ2v) is 5.09. The first kappa shape index (κ1) is 14.8. The Morgan fingerprint density at radius 2 is 2.00 bits per heavy atom. The molecule has 20 heavy (non-hydrogen) atoms. The van der Waals surface area contributed by atoms with E-state index in [1.165, 1.54) is 6.07 Å². The Morgan fingerprint density at radius 3 is 2.60 bits per heavy atom. The van der Waals surface area contributed by atoms with Gasteiger partial charge in [-0.15, -0.1) is 0 Å². The van der Waals surface area contributed by atoms with Gasteiger partial charge in [-0.2, -0.15) is 0 Å². The zero-order chi connectivity index (χ0) is 14.7. The van der Waals surface area contributed by atoms with Crippen LogP contribution < -0.4 is 10.5 Å². The second-order valence-electron chi connectivity index (χ2n) is 4.69. The molecule has 0 saturated carbocycles. The van der Waals surface area contributed by atoms with Crippen LogP contribution in [-0.2, 0) is 6.42 Å². The van der Waals surface area contributed by atoms with E-state index in [9.17, 15) is 4.39 Å². The molecule has 0 aliphatic carbocycles. The molecule has 1 atom stereocenters. The first-order valence-electron chi connectivity index (χ1n) is 6.52. The summed E-state index contributed by atoms with van der Waals surface area (Å²) < 4.78 is 19.5. The standard InChI is InChI=1S/C16H17ClFNO/c1-3-11-8-13(5-6-14(11)17)20-16-7-4-12(10(2)19)9-15(16)18/h4-10H,3,19H2,1-2H3/t10-/m1/s1. The summed E-state index contributed by atoms with van der Waals surface area (Å²) in [6.45, 7) is 3.81. The van der Waals surface area contributed by atoms with Crippen molar-refractivity contribution in [1.29, 1.82) is 0 Å². The minimum absolute atomic E-state index is 0.179. The third-order valence-electron chi connectivity index (χ3n) is 3.11. The third-order valence-corrected chi connectivity index (χ3v) is 3.48. The highest BCUT2D eigenvalue weighted by Crippen LogP contribution is 2.29. The molecule has 0 heterocycles. The molecule has 0 aromatic heterocycles. The lowest BCUT2D eigenvalue weighted by atomic mass is 10.1. The molecular weight excluding hydrogens is 277 g/mol. The monoisotopic (exact) mass is 293 g/mol. The van der Waals surface area contributed by atoms with E-state index >= 15 is 0 Å². The second kappa shape index (κ2) is 6.25. The van der Waals surface area contributed by atoms with Crippen molar-refractivity contribution in [2.75, 3.05) is 0 Å². The molecule has 2 N–H and O–H groups in total. The Morgan fingerprint density at radius 1 is 1.25 bits per heavy atom. The third kappa shape index (κ3) is 3.30. The van der Waals surface area contributed by atoms with Crippen LogP contribution >= 0.6 is 11.6 Å². The van der Waals surface area contributed by atoms with Crippen LogP contribution in [0.3, 0.4) is 0 Å². The molecule has 0 amide bonds. The van der Waals surface area contributed by atoms with Crippen molar-refractivity contribution >= 4 is 11.6 Å². The number of rotatable bonds is 4. The average molecular weight is 294 g/mol. The van der Waals surface area contributed by atoms with Gasteiger partial charge in [-0.05, 0) is 54.8 Å². The van der Waals surface area contributed by atoms with E-state index in [2.05, 4.69) is 0 Å². The van der Waals surface area contributed by atoms with Gasteiger partial charge in [-0.25, -0.2) is 4.39 Å². The maximum Gasteiger partial charge on any atom is 0.166 e. The van der Waals surface area contributed by atoms with Crippen LogP contribution in [0.15, 0.2) is 36.4 Å². The predicted molar refractivity (Wildman–Crippen MR) is 79.9 cm³/mol. The summed E-state index contributed by atoms with van der Waals surface area (Å²) in [4.78, 5) is 0. The summed E-state index contributed by atoms with van der Waals surface area (Å²) in [6.07, 6.45) is 0.794. The fourth-order valence-corrected chi connectivity index (χ4v) is 2.15. The number of hydrogen-bond donors (Lipinski definition) is 1. The van der Waals surface area contributed by atoms with Crippen LogP contribution in [0.4, 0.5) is 4.39 Å². The summed E-state index contributed by atoms with van der Waals surface area (Å²) >= 11 is 6.04. The molecule has 2 aromatic carbocycles. The van der Waals surface area contributed by atoms with Crippen molar-refractivity contribution in [3.8, 4) is 11.5 Å². The van der Waals surface area contributed by atoms with Gasteiger partial charge in [0.15, 0.2) is 11.6 Å². The molecule has 0 radical (unpaired) electrons. The number of hydrogen-bond acceptors (Lipinski definition) is 2. The molecule has 4 heteroatoms. The van der Waals surface area contributed by atoms with E-state index in [0.717, 1.165) is 17.5 Å². The van der Waals surface area contributed by atoms with Crippen molar-refractivity contribution in [3.05, 3.63) is 58.4 Å². The summed E-state index contributed by atoms with van der Waals surface area (Å²) in [7, 11) is 0. The maximum absolute atomic E-state index is 14.0. The van der Waals surface area contributed by atoms with Gasteiger partial charge in [0.25, 0.3) is 0 Å². The molecule has 0 spiro atoms. The zero-order valence-electron chi connectivity index (χ0n) is 11.5. The minimum atomic E-state index is -0.423. The molecule has 0 fully saturated rings. The van der Waals surface area contributed by atoms with Crippen molar-refractivity contribution in [3.63, 3.8) is 0 Å². The van der Waals surface area contributed by atoms with E-state index in [1.54, 1.807) is 24.3 Å². The minimum Gasteiger partial charge on any atom is -0.454 e. The Labute approximate surface area is 123 Å². The van der Waals surface area contributed by atoms with Crippen LogP contribution in [0.2, 0.25) is 5.02 Å². The number of ether oxygens (including phenoxy) is 1. The smallest absolute Gasteiger partial charge is 0.166 e. The first-order valence-corrected chi connectivity index (χ1v) is 6.90. The molecule has 0 saturated heterocycles. The van der Waals surface area contributed by atoms with Crippen LogP contribution in [0.1, 0.15) is 31.0 Å². The molecule has 0 bridgehead atoms. The largest absolute Gasteiger partial charge is 0.454 e. The van der Waals surface area contributed by atoms with Crippen LogP contribution in [0, 0.1) is 5.82 Å². The SMILES string of the molecule is CCc1cc(Oc2ccc([C@@H](C)N)cc2F)ccc1Cl. The zero-order valence-corrected chi connectivity index (χ0v) is 12.2. The number of aryl methyl sites for hydroxylation is 1. The normalized spacial score (nSPS) is 12.2. The highest BCUT2D eigenvalue weighted by atomic mass is 35.5. The average Bonchev–Trinajstić information content (AvgIpc) is 2.42. The van der Waals surface area contributed by atoms with E-state index in [0.29, 0.717) is 10.8 Å². The molecule has 2 aromatic rings. The van der Waals surface area contributed by atoms with Gasteiger partial charge in [0, 0.05) is 11.1 Å². The van der Waals surface area contributed by atoms with E-state index in [4.69, 9.17) is 22.1 Å². The maximum atomic E-state index is 14.0. The van der Waals surface area contributed by atoms with E-state index in [1.807, 2.05) is 19.9 Å². The van der Waals surface area contributed by atoms with Crippen molar-refractivity contribution in [2.45, 2.75) is 26.3 Å². The number of benzene rings is 2. The molecule has 2 rings (SSSR count). The topological polar surface area (TPSA) is 35.2 Å². The summed E-state index contributed by atoms with van der Waals surface area (Å²) in [6, 6.07) is 9.84. The Kier molecular flexibility index (Phi) is 4.63. The summed E-state index contributed by atoms with van der Waals surface area (Å²) in [5.41, 5.74) is 7.42. The van der Waals surface area contributed by atoms with Gasteiger partial charge in [0.2, 0.25) is 0 Å². The van der Waals surface area contributed by atoms with Gasteiger partial charge in [-0.3, -0.25) is 0 Å². The van der Waals surface area contributed by atoms with Crippen molar-refractivity contribution in [1.82, 2.24) is 0 Å². The number of nitrogens with two attached hydrogens (primary N) is 1. The van der Waals surface area contributed by atoms with E-state index < -0.39 is 5.82 Å². The van der Waals surface area contributed by atoms with Gasteiger partial charge in [-0.1, -0.05) is 24.6 Å². The highest BCUT2D eigenvalue weighted by molar-refractivity contribution is 6.31. The quantitative estimate of drug-likeness (QED) is 0.874. The Hall–Kier alpha value is -1.58. The van der Waals surface area contributed by atoms with Crippen molar-refractivity contribution < 1.29 is 9.13 Å². The number of halogens is 2. The van der Waals surface area contributed by atoms with Crippen LogP contribution in [0.5, 0.6) is 11.5 Å².